The Morgan fingerprint density at radius 3 is 2.43 bits per heavy atom. The van der Waals surface area contributed by atoms with Gasteiger partial charge in [0, 0.05) is 25.3 Å². The lowest BCUT2D eigenvalue weighted by atomic mass is 9.84. The van der Waals surface area contributed by atoms with Gasteiger partial charge in [-0.2, -0.15) is 0 Å². The van der Waals surface area contributed by atoms with Crippen LogP contribution in [0.5, 0.6) is 0 Å². The van der Waals surface area contributed by atoms with Gasteiger partial charge in [0.15, 0.2) is 0 Å². The van der Waals surface area contributed by atoms with E-state index in [4.69, 9.17) is 9.47 Å². The second-order valence-corrected chi connectivity index (χ2v) is 8.10. The molecule has 0 spiro atoms. The van der Waals surface area contributed by atoms with Crippen LogP contribution in [-0.4, -0.2) is 62.8 Å². The molecule has 30 heavy (non-hydrogen) atoms. The van der Waals surface area contributed by atoms with Gasteiger partial charge in [-0.25, -0.2) is 4.79 Å². The second kappa shape index (κ2) is 12.5. The van der Waals surface area contributed by atoms with Gasteiger partial charge in [-0.05, 0) is 63.5 Å². The summed E-state index contributed by atoms with van der Waals surface area (Å²) < 4.78 is 11.0. The van der Waals surface area contributed by atoms with E-state index in [0.717, 1.165) is 51.6 Å². The minimum absolute atomic E-state index is 0.147. The number of carbonyl (C=O) groups excluding carboxylic acids is 2. The van der Waals surface area contributed by atoms with Crippen LogP contribution in [-0.2, 0) is 9.47 Å². The number of methoxy groups -OCH3 is 1. The second-order valence-electron chi connectivity index (χ2n) is 8.10. The molecule has 0 saturated heterocycles. The summed E-state index contributed by atoms with van der Waals surface area (Å²) in [4.78, 5) is 26.4. The number of amides is 1. The van der Waals surface area contributed by atoms with Crippen LogP contribution >= 0.6 is 0 Å². The summed E-state index contributed by atoms with van der Waals surface area (Å²) in [5.41, 5.74) is 0.686. The molecule has 1 aromatic carbocycles. The number of carbonyl (C=O) groups is 2. The Balaban J connectivity index is 1.84. The maximum atomic E-state index is 12.6. The highest BCUT2D eigenvalue weighted by molar-refractivity contribution is 5.96. The van der Waals surface area contributed by atoms with Gasteiger partial charge < -0.3 is 19.7 Å². The lowest BCUT2D eigenvalue weighted by molar-refractivity contribution is -0.0685. The van der Waals surface area contributed by atoms with E-state index >= 15 is 0 Å². The van der Waals surface area contributed by atoms with Gasteiger partial charge in [-0.1, -0.05) is 25.3 Å². The van der Waals surface area contributed by atoms with Gasteiger partial charge in [0.05, 0.1) is 18.3 Å². The summed E-state index contributed by atoms with van der Waals surface area (Å²) in [7, 11) is 3.44. The Hall–Kier alpha value is -2.18. The maximum Gasteiger partial charge on any atom is 0.337 e. The van der Waals surface area contributed by atoms with E-state index in [2.05, 4.69) is 23.8 Å². The fourth-order valence-corrected chi connectivity index (χ4v) is 3.87. The van der Waals surface area contributed by atoms with Crippen LogP contribution in [0.1, 0.15) is 65.7 Å². The first-order chi connectivity index (χ1) is 14.5. The third kappa shape index (κ3) is 7.58. The first-order valence-electron chi connectivity index (χ1n) is 10.9. The summed E-state index contributed by atoms with van der Waals surface area (Å²) in [5, 5.41) is 3.05. The van der Waals surface area contributed by atoms with Gasteiger partial charge in [-0.3, -0.25) is 4.79 Å². The average molecular weight is 417 g/mol. The zero-order valence-electron chi connectivity index (χ0n) is 18.5. The van der Waals surface area contributed by atoms with Crippen molar-refractivity contribution in [3.05, 3.63) is 48.0 Å². The highest BCUT2D eigenvalue weighted by atomic mass is 16.5. The molecule has 0 radical (unpaired) electrons. The van der Waals surface area contributed by atoms with Gasteiger partial charge in [-0.15, -0.1) is 6.58 Å². The fraction of sp³-hybridized carbons (Fsp3) is 0.583. The minimum atomic E-state index is -0.410. The molecule has 1 fully saturated rings. The first-order valence-corrected chi connectivity index (χ1v) is 10.9. The first kappa shape index (κ1) is 24.1. The molecule has 1 saturated carbocycles. The van der Waals surface area contributed by atoms with Crippen LogP contribution in [0, 0.1) is 0 Å². The van der Waals surface area contributed by atoms with Crippen molar-refractivity contribution in [2.24, 2.45) is 0 Å². The molecule has 0 atom stereocenters. The largest absolute Gasteiger partial charge is 0.465 e. The molecule has 0 aliphatic heterocycles. The number of rotatable bonds is 12. The lowest BCUT2D eigenvalue weighted by Crippen LogP contribution is -2.46. The number of esters is 1. The van der Waals surface area contributed by atoms with Gasteiger partial charge in [0.1, 0.15) is 0 Å². The molecule has 1 amide bonds. The summed E-state index contributed by atoms with van der Waals surface area (Å²) >= 11 is 0. The van der Waals surface area contributed by atoms with Crippen LogP contribution in [0.25, 0.3) is 0 Å². The van der Waals surface area contributed by atoms with E-state index in [1.54, 1.807) is 24.3 Å². The van der Waals surface area contributed by atoms with E-state index < -0.39 is 5.97 Å². The maximum absolute atomic E-state index is 12.6. The molecule has 1 aliphatic carbocycles. The van der Waals surface area contributed by atoms with Gasteiger partial charge >= 0.3 is 5.97 Å². The zero-order valence-corrected chi connectivity index (χ0v) is 18.5. The molecule has 166 valence electrons. The average Bonchev–Trinajstić information content (AvgIpc) is 2.77. The van der Waals surface area contributed by atoms with Crippen molar-refractivity contribution < 1.29 is 19.1 Å². The number of likely N-dealkylation sites (N-methyl/N-ethyl adjacent to an activating group) is 1. The molecule has 0 heterocycles. The monoisotopic (exact) mass is 416 g/mol. The third-order valence-corrected chi connectivity index (χ3v) is 5.69. The van der Waals surface area contributed by atoms with E-state index in [9.17, 15) is 9.59 Å². The third-order valence-electron chi connectivity index (χ3n) is 5.69. The molecule has 1 aliphatic rings. The van der Waals surface area contributed by atoms with Crippen molar-refractivity contribution in [2.75, 3.05) is 40.4 Å². The predicted molar refractivity (Wildman–Crippen MR) is 119 cm³/mol. The number of unbranched alkanes of at least 4 members (excludes halogenated alkanes) is 1. The molecule has 6 heteroatoms. The highest BCUT2D eigenvalue weighted by Gasteiger charge is 2.33. The van der Waals surface area contributed by atoms with E-state index in [1.165, 1.54) is 13.5 Å². The molecule has 1 N–H and O–H groups in total. The molecular weight excluding hydrogens is 380 g/mol. The normalized spacial score (nSPS) is 15.6. The fourth-order valence-electron chi connectivity index (χ4n) is 3.87. The Morgan fingerprint density at radius 2 is 1.80 bits per heavy atom. The molecule has 0 aromatic heterocycles. The highest BCUT2D eigenvalue weighted by Crippen LogP contribution is 2.31. The van der Waals surface area contributed by atoms with Gasteiger partial charge in [0.25, 0.3) is 5.91 Å². The Kier molecular flexibility index (Phi) is 10.0. The topological polar surface area (TPSA) is 67.9 Å². The van der Waals surface area contributed by atoms with Crippen molar-refractivity contribution in [1.82, 2.24) is 10.2 Å². The van der Waals surface area contributed by atoms with Crippen molar-refractivity contribution in [2.45, 2.75) is 50.5 Å². The minimum Gasteiger partial charge on any atom is -0.465 e. The van der Waals surface area contributed by atoms with Crippen molar-refractivity contribution in [3.8, 4) is 0 Å². The number of hydrogen-bond acceptors (Lipinski definition) is 5. The SMILES string of the molecule is C=CCN(C)CCCCOC1(CNC(=O)c2ccc(C(=O)OC)cc2)CCCCC1. The van der Waals surface area contributed by atoms with E-state index in [1.807, 2.05) is 6.08 Å². The standard InChI is InChI=1S/C24H36N2O4/c1-4-16-26(2)17-8-9-18-30-24(14-6-5-7-15-24)19-25-22(27)20-10-12-21(13-11-20)23(28)29-3/h4,10-13H,1,5-9,14-19H2,2-3H3,(H,25,27). The number of hydrogen-bond donors (Lipinski definition) is 1. The summed E-state index contributed by atoms with van der Waals surface area (Å²) in [6, 6.07) is 6.51. The van der Waals surface area contributed by atoms with Crippen LogP contribution < -0.4 is 5.32 Å². The molecule has 6 nitrogen and oxygen atoms in total. The van der Waals surface area contributed by atoms with Gasteiger partial charge in [0.2, 0.25) is 0 Å². The quantitative estimate of drug-likeness (QED) is 0.319. The van der Waals surface area contributed by atoms with Crippen LogP contribution in [0.2, 0.25) is 0 Å². The zero-order chi connectivity index (χ0) is 21.8. The lowest BCUT2D eigenvalue weighted by Gasteiger charge is -2.37. The molecule has 1 aromatic rings. The van der Waals surface area contributed by atoms with Crippen molar-refractivity contribution in [1.29, 1.82) is 0 Å². The van der Waals surface area contributed by atoms with Crippen LogP contribution in [0.3, 0.4) is 0 Å². The predicted octanol–water partition coefficient (Wildman–Crippen LogP) is 3.82. The summed E-state index contributed by atoms with van der Waals surface area (Å²) in [5.74, 6) is -0.557. The molecular formula is C24H36N2O4. The smallest absolute Gasteiger partial charge is 0.337 e. The molecule has 2 rings (SSSR count). The number of ether oxygens (including phenoxy) is 2. The molecule has 0 unspecified atom stereocenters. The number of benzene rings is 1. The van der Waals surface area contributed by atoms with E-state index in [0.29, 0.717) is 24.3 Å². The Bertz CT molecular complexity index is 681. The van der Waals surface area contributed by atoms with Crippen molar-refractivity contribution in [3.63, 3.8) is 0 Å². The van der Waals surface area contributed by atoms with E-state index in [-0.39, 0.29) is 11.5 Å². The van der Waals surface area contributed by atoms with Crippen LogP contribution in [0.15, 0.2) is 36.9 Å². The van der Waals surface area contributed by atoms with Crippen LogP contribution in [0.4, 0.5) is 0 Å². The number of nitrogens with one attached hydrogen (secondary N) is 1. The summed E-state index contributed by atoms with van der Waals surface area (Å²) in [6.45, 7) is 6.92. The molecule has 0 bridgehead atoms. The van der Waals surface area contributed by atoms with Crippen molar-refractivity contribution >= 4 is 11.9 Å². The summed E-state index contributed by atoms with van der Waals surface area (Å²) in [6.07, 6.45) is 9.44. The number of nitrogens with zero attached hydrogens (tertiary/aromatic N) is 1. The Morgan fingerprint density at radius 1 is 1.13 bits per heavy atom. The Labute approximate surface area is 180 Å².